The van der Waals surface area contributed by atoms with Crippen LogP contribution in [0.5, 0.6) is 0 Å². The number of rotatable bonds is 3. The van der Waals surface area contributed by atoms with E-state index in [-0.39, 0.29) is 6.10 Å². The second-order valence-corrected chi connectivity index (χ2v) is 6.27. The Morgan fingerprint density at radius 1 is 1.12 bits per heavy atom. The minimum absolute atomic E-state index is 0.226. The molecule has 0 aromatic rings. The van der Waals surface area contributed by atoms with Gasteiger partial charge in [-0.05, 0) is 50.4 Å². The van der Waals surface area contributed by atoms with Crippen LogP contribution >= 0.6 is 0 Å². The van der Waals surface area contributed by atoms with Gasteiger partial charge in [-0.1, -0.05) is 13.8 Å². The van der Waals surface area contributed by atoms with Gasteiger partial charge in [-0.3, -0.25) is 4.79 Å². The number of carbonyl (C=O) groups excluding carboxylic acids is 1. The molecule has 0 N–H and O–H groups in total. The Balaban J connectivity index is 1.81. The first kappa shape index (κ1) is 13.1. The predicted molar refractivity (Wildman–Crippen MR) is 68.9 cm³/mol. The molecule has 1 aliphatic heterocycles. The normalized spacial score (nSPS) is 38.9. The zero-order chi connectivity index (χ0) is 12.3. The second-order valence-electron chi connectivity index (χ2n) is 6.27. The van der Waals surface area contributed by atoms with Crippen LogP contribution in [0.15, 0.2) is 0 Å². The first-order valence-electron chi connectivity index (χ1n) is 7.29. The highest BCUT2D eigenvalue weighted by molar-refractivity contribution is 5.81. The van der Waals surface area contributed by atoms with E-state index in [4.69, 9.17) is 4.74 Å². The standard InChI is InChI=1S/C15H26O2/c1-11-7-12(2)9-13(8-11)15(16)10-14-5-3-4-6-17-14/h11-14H,3-10H2,1-2H3. The summed E-state index contributed by atoms with van der Waals surface area (Å²) < 4.78 is 5.67. The van der Waals surface area contributed by atoms with E-state index >= 15 is 0 Å². The number of Topliss-reactive ketones (excluding diaryl/α,β-unsaturated/α-hetero) is 1. The lowest BCUT2D eigenvalue weighted by atomic mass is 9.74. The van der Waals surface area contributed by atoms with Gasteiger partial charge in [-0.25, -0.2) is 0 Å². The summed E-state index contributed by atoms with van der Waals surface area (Å²) in [6.07, 6.45) is 7.89. The van der Waals surface area contributed by atoms with Crippen LogP contribution in [0, 0.1) is 17.8 Å². The van der Waals surface area contributed by atoms with E-state index in [9.17, 15) is 4.79 Å². The van der Waals surface area contributed by atoms with Gasteiger partial charge in [0, 0.05) is 18.9 Å². The van der Waals surface area contributed by atoms with E-state index in [1.807, 2.05) is 0 Å². The number of ether oxygens (including phenoxy) is 1. The van der Waals surface area contributed by atoms with Crippen molar-refractivity contribution in [3.05, 3.63) is 0 Å². The van der Waals surface area contributed by atoms with Crippen LogP contribution in [0.25, 0.3) is 0 Å². The van der Waals surface area contributed by atoms with Crippen molar-refractivity contribution >= 4 is 5.78 Å². The van der Waals surface area contributed by atoms with Crippen LogP contribution in [0.4, 0.5) is 0 Å². The maximum atomic E-state index is 12.3. The van der Waals surface area contributed by atoms with Gasteiger partial charge < -0.3 is 4.74 Å². The van der Waals surface area contributed by atoms with E-state index in [0.717, 1.165) is 37.7 Å². The van der Waals surface area contributed by atoms with Crippen LogP contribution in [-0.2, 0) is 9.53 Å². The first-order valence-corrected chi connectivity index (χ1v) is 7.29. The predicted octanol–water partition coefficient (Wildman–Crippen LogP) is 3.59. The summed E-state index contributed by atoms with van der Waals surface area (Å²) in [5, 5.41) is 0. The highest BCUT2D eigenvalue weighted by Gasteiger charge is 2.30. The van der Waals surface area contributed by atoms with Gasteiger partial charge in [0.1, 0.15) is 5.78 Å². The third-order valence-corrected chi connectivity index (χ3v) is 4.34. The van der Waals surface area contributed by atoms with Crippen LogP contribution in [0.1, 0.15) is 58.8 Å². The number of carbonyl (C=O) groups is 1. The van der Waals surface area contributed by atoms with E-state index < -0.39 is 0 Å². The minimum Gasteiger partial charge on any atom is -0.378 e. The van der Waals surface area contributed by atoms with Crippen molar-refractivity contribution in [2.24, 2.45) is 17.8 Å². The Bertz CT molecular complexity index is 246. The smallest absolute Gasteiger partial charge is 0.138 e. The van der Waals surface area contributed by atoms with Crippen molar-refractivity contribution in [2.45, 2.75) is 64.9 Å². The third kappa shape index (κ3) is 3.80. The summed E-state index contributed by atoms with van der Waals surface area (Å²) in [5.41, 5.74) is 0. The van der Waals surface area contributed by atoms with Crippen LogP contribution in [0.2, 0.25) is 0 Å². The largest absolute Gasteiger partial charge is 0.378 e. The molecule has 0 spiro atoms. The van der Waals surface area contributed by atoms with Crippen molar-refractivity contribution in [3.63, 3.8) is 0 Å². The fourth-order valence-corrected chi connectivity index (χ4v) is 3.57. The molecule has 2 fully saturated rings. The topological polar surface area (TPSA) is 26.3 Å². The quantitative estimate of drug-likeness (QED) is 0.751. The average molecular weight is 238 g/mol. The van der Waals surface area contributed by atoms with Gasteiger partial charge >= 0.3 is 0 Å². The monoisotopic (exact) mass is 238 g/mol. The Kier molecular flexibility index (Phi) is 4.61. The average Bonchev–Trinajstić information content (AvgIpc) is 2.29. The lowest BCUT2D eigenvalue weighted by molar-refractivity contribution is -0.128. The second kappa shape index (κ2) is 5.99. The molecule has 0 aromatic heterocycles. The summed E-state index contributed by atoms with van der Waals surface area (Å²) >= 11 is 0. The molecule has 0 bridgehead atoms. The fraction of sp³-hybridized carbons (Fsp3) is 0.933. The van der Waals surface area contributed by atoms with Gasteiger partial charge in [0.05, 0.1) is 6.10 Å². The molecule has 2 aliphatic rings. The summed E-state index contributed by atoms with van der Waals surface area (Å²) in [7, 11) is 0. The molecule has 1 saturated heterocycles. The molecule has 3 unspecified atom stereocenters. The Morgan fingerprint density at radius 3 is 2.41 bits per heavy atom. The SMILES string of the molecule is CC1CC(C)CC(C(=O)CC2CCCCO2)C1. The van der Waals surface area contributed by atoms with Gasteiger partial charge in [0.2, 0.25) is 0 Å². The number of hydrogen-bond donors (Lipinski definition) is 0. The lowest BCUT2D eigenvalue weighted by Gasteiger charge is -2.31. The summed E-state index contributed by atoms with van der Waals surface area (Å²) in [6.45, 7) is 5.43. The highest BCUT2D eigenvalue weighted by atomic mass is 16.5. The van der Waals surface area contributed by atoms with Gasteiger partial charge in [-0.15, -0.1) is 0 Å². The summed E-state index contributed by atoms with van der Waals surface area (Å²) in [5.74, 6) is 2.23. The molecule has 3 atom stereocenters. The molecule has 1 saturated carbocycles. The first-order chi connectivity index (χ1) is 8.15. The van der Waals surface area contributed by atoms with E-state index in [0.29, 0.717) is 18.1 Å². The van der Waals surface area contributed by atoms with Crippen molar-refractivity contribution in [2.75, 3.05) is 6.61 Å². The Hall–Kier alpha value is -0.370. The summed E-state index contributed by atoms with van der Waals surface area (Å²) in [4.78, 5) is 12.3. The summed E-state index contributed by atoms with van der Waals surface area (Å²) in [6, 6.07) is 0. The molecule has 2 rings (SSSR count). The molecule has 1 aliphatic carbocycles. The van der Waals surface area contributed by atoms with Crippen molar-refractivity contribution in [1.82, 2.24) is 0 Å². The molecule has 2 heteroatoms. The van der Waals surface area contributed by atoms with Gasteiger partial charge in [0.25, 0.3) is 0 Å². The Labute approximate surface area is 105 Å². The Morgan fingerprint density at radius 2 is 1.82 bits per heavy atom. The van der Waals surface area contributed by atoms with E-state index in [2.05, 4.69) is 13.8 Å². The minimum atomic E-state index is 0.226. The van der Waals surface area contributed by atoms with Crippen molar-refractivity contribution < 1.29 is 9.53 Å². The van der Waals surface area contributed by atoms with Crippen LogP contribution in [-0.4, -0.2) is 18.5 Å². The van der Waals surface area contributed by atoms with Crippen LogP contribution < -0.4 is 0 Å². The lowest BCUT2D eigenvalue weighted by Crippen LogP contribution is -2.30. The molecule has 0 aromatic carbocycles. The molecule has 0 amide bonds. The zero-order valence-electron chi connectivity index (χ0n) is 11.3. The van der Waals surface area contributed by atoms with Crippen molar-refractivity contribution in [3.8, 4) is 0 Å². The van der Waals surface area contributed by atoms with E-state index in [1.54, 1.807) is 0 Å². The maximum Gasteiger partial charge on any atom is 0.138 e. The molecule has 17 heavy (non-hydrogen) atoms. The zero-order valence-corrected chi connectivity index (χ0v) is 11.3. The maximum absolute atomic E-state index is 12.3. The van der Waals surface area contributed by atoms with Gasteiger partial charge in [-0.2, -0.15) is 0 Å². The molecular weight excluding hydrogens is 212 g/mol. The van der Waals surface area contributed by atoms with Gasteiger partial charge in [0.15, 0.2) is 0 Å². The third-order valence-electron chi connectivity index (χ3n) is 4.34. The number of ketones is 1. The van der Waals surface area contributed by atoms with Crippen LogP contribution in [0.3, 0.4) is 0 Å². The molecule has 0 radical (unpaired) electrons. The molecular formula is C15H26O2. The fourth-order valence-electron chi connectivity index (χ4n) is 3.57. The molecule has 1 heterocycles. The van der Waals surface area contributed by atoms with Crippen molar-refractivity contribution in [1.29, 1.82) is 0 Å². The molecule has 2 nitrogen and oxygen atoms in total. The number of hydrogen-bond acceptors (Lipinski definition) is 2. The van der Waals surface area contributed by atoms with E-state index in [1.165, 1.54) is 19.3 Å². The highest BCUT2D eigenvalue weighted by Crippen LogP contribution is 2.34. The molecule has 98 valence electrons.